The van der Waals surface area contributed by atoms with E-state index in [2.05, 4.69) is 5.32 Å². The molecule has 0 radical (unpaired) electrons. The number of anilines is 1. The third kappa shape index (κ3) is 2.77. The van der Waals surface area contributed by atoms with E-state index in [0.29, 0.717) is 23.6 Å². The number of hydrogen-bond acceptors (Lipinski definition) is 4. The number of carbonyl (C=O) groups is 1. The van der Waals surface area contributed by atoms with Gasteiger partial charge < -0.3 is 20.2 Å². The van der Waals surface area contributed by atoms with Gasteiger partial charge in [-0.25, -0.2) is 0 Å². The van der Waals surface area contributed by atoms with Crippen molar-refractivity contribution in [1.82, 2.24) is 5.32 Å². The standard InChI is InChI=1S/C15H18N2O3/c16-11-3-4-13-10(8-11)9-14(20-13)15(18)17-6-5-12-2-1-7-19-12/h3-4,8-9,12H,1-2,5-7,16H2,(H,17,18). The van der Waals surface area contributed by atoms with Gasteiger partial charge in [-0.05, 0) is 43.5 Å². The number of carbonyl (C=O) groups excluding carboxylic acids is 1. The van der Waals surface area contributed by atoms with E-state index in [0.717, 1.165) is 31.3 Å². The Morgan fingerprint density at radius 3 is 3.10 bits per heavy atom. The summed E-state index contributed by atoms with van der Waals surface area (Å²) in [7, 11) is 0. The number of rotatable bonds is 4. The highest BCUT2D eigenvalue weighted by molar-refractivity contribution is 5.96. The number of ether oxygens (including phenoxy) is 1. The fraction of sp³-hybridized carbons (Fsp3) is 0.400. The van der Waals surface area contributed by atoms with Gasteiger partial charge in [-0.1, -0.05) is 0 Å². The molecule has 1 aromatic heterocycles. The Morgan fingerprint density at radius 1 is 1.40 bits per heavy atom. The van der Waals surface area contributed by atoms with Gasteiger partial charge in [0.2, 0.25) is 0 Å². The summed E-state index contributed by atoms with van der Waals surface area (Å²) in [6.45, 7) is 1.44. The summed E-state index contributed by atoms with van der Waals surface area (Å²) in [5, 5.41) is 3.70. The molecule has 1 aliphatic heterocycles. The van der Waals surface area contributed by atoms with Crippen molar-refractivity contribution in [2.45, 2.75) is 25.4 Å². The van der Waals surface area contributed by atoms with Gasteiger partial charge in [-0.2, -0.15) is 0 Å². The van der Waals surface area contributed by atoms with E-state index < -0.39 is 0 Å². The summed E-state index contributed by atoms with van der Waals surface area (Å²) in [5.74, 6) is 0.121. The number of nitrogens with two attached hydrogens (primary N) is 1. The average Bonchev–Trinajstić information content (AvgIpc) is 3.06. The summed E-state index contributed by atoms with van der Waals surface area (Å²) in [6, 6.07) is 7.04. The summed E-state index contributed by atoms with van der Waals surface area (Å²) < 4.78 is 11.0. The molecule has 2 heterocycles. The zero-order valence-electron chi connectivity index (χ0n) is 11.2. The first-order chi connectivity index (χ1) is 9.72. The van der Waals surface area contributed by atoms with E-state index in [1.807, 2.05) is 0 Å². The molecule has 1 amide bonds. The van der Waals surface area contributed by atoms with Crippen LogP contribution in [0.15, 0.2) is 28.7 Å². The lowest BCUT2D eigenvalue weighted by atomic mass is 10.2. The van der Waals surface area contributed by atoms with Crippen LogP contribution in [0.25, 0.3) is 11.0 Å². The SMILES string of the molecule is Nc1ccc2oc(C(=O)NCCC3CCCO3)cc2c1. The molecule has 1 aromatic carbocycles. The molecule has 0 spiro atoms. The van der Waals surface area contributed by atoms with Crippen molar-refractivity contribution in [3.63, 3.8) is 0 Å². The van der Waals surface area contributed by atoms with Crippen molar-refractivity contribution in [2.75, 3.05) is 18.9 Å². The van der Waals surface area contributed by atoms with Gasteiger partial charge >= 0.3 is 0 Å². The van der Waals surface area contributed by atoms with Gasteiger partial charge in [0.25, 0.3) is 5.91 Å². The van der Waals surface area contributed by atoms with Crippen molar-refractivity contribution in [3.05, 3.63) is 30.0 Å². The zero-order valence-corrected chi connectivity index (χ0v) is 11.2. The van der Waals surface area contributed by atoms with Crippen LogP contribution < -0.4 is 11.1 Å². The number of amides is 1. The van der Waals surface area contributed by atoms with E-state index in [1.165, 1.54) is 0 Å². The highest BCUT2D eigenvalue weighted by atomic mass is 16.5. The molecular weight excluding hydrogens is 256 g/mol. The fourth-order valence-corrected chi connectivity index (χ4v) is 2.48. The summed E-state index contributed by atoms with van der Waals surface area (Å²) in [6.07, 6.45) is 3.33. The third-order valence-corrected chi connectivity index (χ3v) is 3.54. The van der Waals surface area contributed by atoms with Crippen LogP contribution in [0, 0.1) is 0 Å². The number of nitrogens with one attached hydrogen (secondary N) is 1. The maximum absolute atomic E-state index is 12.0. The van der Waals surface area contributed by atoms with Gasteiger partial charge in [0, 0.05) is 24.2 Å². The molecule has 2 aromatic rings. The zero-order chi connectivity index (χ0) is 13.9. The second-order valence-electron chi connectivity index (χ2n) is 5.09. The van der Waals surface area contributed by atoms with Crippen LogP contribution in [-0.2, 0) is 4.74 Å². The Morgan fingerprint density at radius 2 is 2.30 bits per heavy atom. The highest BCUT2D eigenvalue weighted by Crippen LogP contribution is 2.21. The number of hydrogen-bond donors (Lipinski definition) is 2. The van der Waals surface area contributed by atoms with E-state index in [4.69, 9.17) is 14.9 Å². The predicted octanol–water partition coefficient (Wildman–Crippen LogP) is 2.31. The second kappa shape index (κ2) is 5.54. The molecule has 0 aliphatic carbocycles. The first-order valence-corrected chi connectivity index (χ1v) is 6.91. The minimum atomic E-state index is -0.197. The van der Waals surface area contributed by atoms with Crippen LogP contribution in [0.1, 0.15) is 29.8 Å². The maximum Gasteiger partial charge on any atom is 0.287 e. The predicted molar refractivity (Wildman–Crippen MR) is 76.6 cm³/mol. The van der Waals surface area contributed by atoms with Crippen LogP contribution in [0.3, 0.4) is 0 Å². The van der Waals surface area contributed by atoms with Crippen molar-refractivity contribution in [1.29, 1.82) is 0 Å². The third-order valence-electron chi connectivity index (χ3n) is 3.54. The number of furan rings is 1. The van der Waals surface area contributed by atoms with Gasteiger partial charge in [-0.15, -0.1) is 0 Å². The average molecular weight is 274 g/mol. The van der Waals surface area contributed by atoms with Crippen LogP contribution in [0.5, 0.6) is 0 Å². The quantitative estimate of drug-likeness (QED) is 0.839. The molecular formula is C15H18N2O3. The minimum absolute atomic E-state index is 0.197. The van der Waals surface area contributed by atoms with Gasteiger partial charge in [0.15, 0.2) is 5.76 Å². The lowest BCUT2D eigenvalue weighted by Gasteiger charge is -2.08. The first kappa shape index (κ1) is 13.0. The van der Waals surface area contributed by atoms with E-state index in [-0.39, 0.29) is 12.0 Å². The first-order valence-electron chi connectivity index (χ1n) is 6.91. The van der Waals surface area contributed by atoms with E-state index >= 15 is 0 Å². The molecule has 1 fully saturated rings. The molecule has 3 N–H and O–H groups in total. The van der Waals surface area contributed by atoms with Crippen LogP contribution in [-0.4, -0.2) is 25.2 Å². The van der Waals surface area contributed by atoms with Crippen LogP contribution in [0.4, 0.5) is 5.69 Å². The molecule has 1 unspecified atom stereocenters. The maximum atomic E-state index is 12.0. The summed E-state index contributed by atoms with van der Waals surface area (Å²) >= 11 is 0. The largest absolute Gasteiger partial charge is 0.451 e. The summed E-state index contributed by atoms with van der Waals surface area (Å²) in [4.78, 5) is 12.0. The van der Waals surface area contributed by atoms with Gasteiger partial charge in [-0.3, -0.25) is 4.79 Å². The van der Waals surface area contributed by atoms with Gasteiger partial charge in [0.05, 0.1) is 6.10 Å². The lowest BCUT2D eigenvalue weighted by Crippen LogP contribution is -2.26. The minimum Gasteiger partial charge on any atom is -0.451 e. The number of nitrogen functional groups attached to an aromatic ring is 1. The molecule has 5 heteroatoms. The summed E-state index contributed by atoms with van der Waals surface area (Å²) in [5.41, 5.74) is 7.03. The highest BCUT2D eigenvalue weighted by Gasteiger charge is 2.16. The Hall–Kier alpha value is -2.01. The topological polar surface area (TPSA) is 77.5 Å². The van der Waals surface area contributed by atoms with Crippen LogP contribution in [0.2, 0.25) is 0 Å². The van der Waals surface area contributed by atoms with E-state index in [9.17, 15) is 4.79 Å². The molecule has 5 nitrogen and oxygen atoms in total. The normalized spacial score (nSPS) is 18.5. The molecule has 1 atom stereocenters. The number of benzene rings is 1. The van der Waals surface area contributed by atoms with Crippen molar-refractivity contribution < 1.29 is 13.9 Å². The molecule has 20 heavy (non-hydrogen) atoms. The van der Waals surface area contributed by atoms with Gasteiger partial charge in [0.1, 0.15) is 5.58 Å². The second-order valence-corrected chi connectivity index (χ2v) is 5.09. The molecule has 3 rings (SSSR count). The smallest absolute Gasteiger partial charge is 0.287 e. The molecule has 106 valence electrons. The Bertz CT molecular complexity index is 615. The van der Waals surface area contributed by atoms with Crippen molar-refractivity contribution >= 4 is 22.6 Å². The molecule has 0 saturated carbocycles. The molecule has 1 aliphatic rings. The fourth-order valence-electron chi connectivity index (χ4n) is 2.48. The van der Waals surface area contributed by atoms with Crippen molar-refractivity contribution in [2.24, 2.45) is 0 Å². The Labute approximate surface area is 117 Å². The van der Waals surface area contributed by atoms with Crippen molar-refractivity contribution in [3.8, 4) is 0 Å². The van der Waals surface area contributed by atoms with E-state index in [1.54, 1.807) is 24.3 Å². The number of fused-ring (bicyclic) bond motifs is 1. The molecule has 0 bridgehead atoms. The Kier molecular flexibility index (Phi) is 3.60. The Balaban J connectivity index is 1.60. The monoisotopic (exact) mass is 274 g/mol. The molecule has 1 saturated heterocycles. The van der Waals surface area contributed by atoms with Crippen LogP contribution >= 0.6 is 0 Å². The lowest BCUT2D eigenvalue weighted by molar-refractivity contribution is 0.0886.